The van der Waals surface area contributed by atoms with Crippen molar-refractivity contribution in [2.75, 3.05) is 27.3 Å². The van der Waals surface area contributed by atoms with Crippen molar-refractivity contribution in [1.29, 1.82) is 0 Å². The Hall–Kier alpha value is -2.93. The Morgan fingerprint density at radius 3 is 2.61 bits per heavy atom. The molecule has 1 heterocycles. The lowest BCUT2D eigenvalue weighted by Crippen LogP contribution is -2.35. The lowest BCUT2D eigenvalue weighted by atomic mass is 10.0. The number of carbonyl (C=O) groups is 1. The van der Waals surface area contributed by atoms with Gasteiger partial charge in [-0.15, -0.1) is 11.3 Å². The van der Waals surface area contributed by atoms with Crippen molar-refractivity contribution in [2.24, 2.45) is 5.92 Å². The number of halogens is 1. The Labute approximate surface area is 198 Å². The third-order valence-electron chi connectivity index (χ3n) is 6.03. The number of amides is 1. The summed E-state index contributed by atoms with van der Waals surface area (Å²) in [6.45, 7) is 4.91. The van der Waals surface area contributed by atoms with Crippen LogP contribution in [-0.4, -0.2) is 43.1 Å². The molecule has 1 aromatic heterocycles. The summed E-state index contributed by atoms with van der Waals surface area (Å²) >= 11 is 1.44. The first-order valence-corrected chi connectivity index (χ1v) is 12.0. The first-order chi connectivity index (χ1) is 15.9. The van der Waals surface area contributed by atoms with Crippen LogP contribution in [0.4, 0.5) is 4.39 Å². The molecule has 7 heteroatoms. The topological polar surface area (TPSA) is 51.7 Å². The summed E-state index contributed by atoms with van der Waals surface area (Å²) in [6.07, 6.45) is 2.98. The minimum Gasteiger partial charge on any atom is -0.493 e. The summed E-state index contributed by atoms with van der Waals surface area (Å²) in [5, 5.41) is 0.795. The van der Waals surface area contributed by atoms with Gasteiger partial charge in [0.2, 0.25) is 0 Å². The van der Waals surface area contributed by atoms with E-state index in [1.807, 2.05) is 36.1 Å². The molecule has 4 rings (SSSR count). The van der Waals surface area contributed by atoms with E-state index >= 15 is 0 Å². The molecule has 3 aromatic rings. The lowest BCUT2D eigenvalue weighted by Gasteiger charge is -2.23. The standard InChI is InChI=1S/C26H29FN2O3S/c1-16-20(6-5-7-21(16)27)25-24(28-17(2)33-25)26(30)29(15-19-8-9-19)13-12-18-10-11-22(31-3)23(14-18)32-4/h5-7,10-11,14,19H,8-9,12-13,15H2,1-4H3. The molecule has 0 N–H and O–H groups in total. The van der Waals surface area contributed by atoms with Gasteiger partial charge in [0.1, 0.15) is 11.5 Å². The third-order valence-corrected chi connectivity index (χ3v) is 7.03. The highest BCUT2D eigenvalue weighted by atomic mass is 32.1. The van der Waals surface area contributed by atoms with Gasteiger partial charge in [0.05, 0.1) is 24.1 Å². The highest BCUT2D eigenvalue weighted by Crippen LogP contribution is 2.36. The molecule has 0 saturated heterocycles. The van der Waals surface area contributed by atoms with Gasteiger partial charge < -0.3 is 14.4 Å². The van der Waals surface area contributed by atoms with Crippen molar-refractivity contribution in [1.82, 2.24) is 9.88 Å². The summed E-state index contributed by atoms with van der Waals surface area (Å²) in [7, 11) is 3.23. The van der Waals surface area contributed by atoms with Crippen molar-refractivity contribution in [3.05, 3.63) is 64.0 Å². The van der Waals surface area contributed by atoms with Crippen molar-refractivity contribution in [3.8, 4) is 21.9 Å². The molecule has 0 aliphatic heterocycles. The fourth-order valence-electron chi connectivity index (χ4n) is 3.95. The Morgan fingerprint density at radius 1 is 1.15 bits per heavy atom. The van der Waals surface area contributed by atoms with Crippen LogP contribution in [0.15, 0.2) is 36.4 Å². The van der Waals surface area contributed by atoms with Crippen LogP contribution in [0, 0.1) is 25.6 Å². The molecule has 1 amide bonds. The number of methoxy groups -OCH3 is 2. The van der Waals surface area contributed by atoms with Crippen molar-refractivity contribution >= 4 is 17.2 Å². The molecule has 0 atom stereocenters. The molecule has 174 valence electrons. The zero-order valence-corrected chi connectivity index (χ0v) is 20.3. The molecule has 1 fully saturated rings. The summed E-state index contributed by atoms with van der Waals surface area (Å²) in [5.41, 5.74) is 2.75. The number of benzene rings is 2. The van der Waals surface area contributed by atoms with Gasteiger partial charge in [0, 0.05) is 13.1 Å². The van der Waals surface area contributed by atoms with E-state index in [1.54, 1.807) is 27.2 Å². The van der Waals surface area contributed by atoms with Crippen LogP contribution in [-0.2, 0) is 6.42 Å². The first kappa shape index (κ1) is 23.2. The predicted octanol–water partition coefficient (Wildman–Crippen LogP) is 5.68. The number of hydrogen-bond acceptors (Lipinski definition) is 5. The number of aryl methyl sites for hydroxylation is 1. The summed E-state index contributed by atoms with van der Waals surface area (Å²) < 4.78 is 25.0. The average Bonchev–Trinajstić information content (AvgIpc) is 3.56. The Morgan fingerprint density at radius 2 is 1.91 bits per heavy atom. The van der Waals surface area contributed by atoms with Crippen molar-refractivity contribution < 1.29 is 18.7 Å². The molecule has 0 radical (unpaired) electrons. The average molecular weight is 469 g/mol. The molecule has 5 nitrogen and oxygen atoms in total. The van der Waals surface area contributed by atoms with Crippen LogP contribution in [0.2, 0.25) is 0 Å². The van der Waals surface area contributed by atoms with Gasteiger partial charge in [-0.05, 0) is 73.9 Å². The molecule has 1 aliphatic rings. The zero-order chi connectivity index (χ0) is 23.5. The number of rotatable bonds is 9. The number of thiazole rings is 1. The van der Waals surface area contributed by atoms with Crippen molar-refractivity contribution in [3.63, 3.8) is 0 Å². The third kappa shape index (κ3) is 5.19. The van der Waals surface area contributed by atoms with Gasteiger partial charge in [0.25, 0.3) is 5.91 Å². The van der Waals surface area contributed by atoms with E-state index in [9.17, 15) is 9.18 Å². The molecule has 0 unspecified atom stereocenters. The van der Waals surface area contributed by atoms with E-state index in [4.69, 9.17) is 9.47 Å². The maximum absolute atomic E-state index is 14.2. The second-order valence-electron chi connectivity index (χ2n) is 8.46. The van der Waals surface area contributed by atoms with E-state index in [2.05, 4.69) is 4.98 Å². The van der Waals surface area contributed by atoms with Gasteiger partial charge in [-0.1, -0.05) is 18.2 Å². The second kappa shape index (κ2) is 9.91. The van der Waals surface area contributed by atoms with Gasteiger partial charge >= 0.3 is 0 Å². The lowest BCUT2D eigenvalue weighted by molar-refractivity contribution is 0.0745. The van der Waals surface area contributed by atoms with E-state index in [1.165, 1.54) is 17.4 Å². The van der Waals surface area contributed by atoms with Crippen LogP contribution in [0.3, 0.4) is 0 Å². The molecular weight excluding hydrogens is 439 g/mol. The number of hydrogen-bond donors (Lipinski definition) is 0. The molecule has 2 aromatic carbocycles. The number of nitrogens with zero attached hydrogens (tertiary/aromatic N) is 2. The Bertz CT molecular complexity index is 1160. The molecule has 1 saturated carbocycles. The number of carbonyl (C=O) groups excluding carboxylic acids is 1. The second-order valence-corrected chi connectivity index (χ2v) is 9.66. The maximum Gasteiger partial charge on any atom is 0.274 e. The molecule has 0 spiro atoms. The van der Waals surface area contributed by atoms with Crippen LogP contribution in [0.5, 0.6) is 11.5 Å². The van der Waals surface area contributed by atoms with Gasteiger partial charge in [-0.25, -0.2) is 9.37 Å². The Kier molecular flexibility index (Phi) is 6.98. The fraction of sp³-hybridized carbons (Fsp3) is 0.385. The molecular formula is C26H29FN2O3S. The van der Waals surface area contributed by atoms with E-state index in [-0.39, 0.29) is 11.7 Å². The monoisotopic (exact) mass is 468 g/mol. The van der Waals surface area contributed by atoms with Gasteiger partial charge in [-0.3, -0.25) is 4.79 Å². The minimum absolute atomic E-state index is 0.0922. The van der Waals surface area contributed by atoms with Crippen LogP contribution >= 0.6 is 11.3 Å². The highest BCUT2D eigenvalue weighted by molar-refractivity contribution is 7.15. The predicted molar refractivity (Wildman–Crippen MR) is 129 cm³/mol. The smallest absolute Gasteiger partial charge is 0.274 e. The van der Waals surface area contributed by atoms with E-state index in [0.717, 1.165) is 33.9 Å². The van der Waals surface area contributed by atoms with Gasteiger partial charge in [-0.2, -0.15) is 0 Å². The summed E-state index contributed by atoms with van der Waals surface area (Å²) in [5.74, 6) is 1.53. The molecule has 1 aliphatic carbocycles. The van der Waals surface area contributed by atoms with Crippen molar-refractivity contribution in [2.45, 2.75) is 33.1 Å². The summed E-state index contributed by atoms with van der Waals surface area (Å²) in [4.78, 5) is 20.9. The highest BCUT2D eigenvalue weighted by Gasteiger charge is 2.30. The summed E-state index contributed by atoms with van der Waals surface area (Å²) in [6, 6.07) is 10.8. The quantitative estimate of drug-likeness (QED) is 0.406. The van der Waals surface area contributed by atoms with Gasteiger partial charge in [0.15, 0.2) is 11.5 Å². The van der Waals surface area contributed by atoms with Crippen LogP contribution < -0.4 is 9.47 Å². The zero-order valence-electron chi connectivity index (χ0n) is 19.5. The fourth-order valence-corrected chi connectivity index (χ4v) is 4.94. The SMILES string of the molecule is COc1ccc(CCN(CC2CC2)C(=O)c2nc(C)sc2-c2cccc(F)c2C)cc1OC. The maximum atomic E-state index is 14.2. The van der Waals surface area contributed by atoms with E-state index < -0.39 is 0 Å². The van der Waals surface area contributed by atoms with Crippen LogP contribution in [0.25, 0.3) is 10.4 Å². The minimum atomic E-state index is -0.278. The molecule has 33 heavy (non-hydrogen) atoms. The molecule has 0 bridgehead atoms. The number of ether oxygens (including phenoxy) is 2. The first-order valence-electron chi connectivity index (χ1n) is 11.1. The normalized spacial score (nSPS) is 13.1. The number of aromatic nitrogens is 1. The Balaban J connectivity index is 1.60. The van der Waals surface area contributed by atoms with E-state index in [0.29, 0.717) is 48.2 Å². The largest absolute Gasteiger partial charge is 0.493 e. The van der Waals surface area contributed by atoms with Crippen LogP contribution in [0.1, 0.15) is 39.5 Å².